The van der Waals surface area contributed by atoms with Gasteiger partial charge in [-0.15, -0.1) is 0 Å². The molecule has 104 valence electrons. The molecule has 0 unspecified atom stereocenters. The largest absolute Gasteiger partial charge is 0.370 e. The molecule has 0 atom stereocenters. The van der Waals surface area contributed by atoms with Gasteiger partial charge in [0.15, 0.2) is 0 Å². The summed E-state index contributed by atoms with van der Waals surface area (Å²) in [5.74, 6) is 4.49. The van der Waals surface area contributed by atoms with Gasteiger partial charge in [0.05, 0.1) is 0 Å². The van der Waals surface area contributed by atoms with Crippen LogP contribution < -0.4 is 16.2 Å². The number of nitrogens with zero attached hydrogens (tertiary/aromatic N) is 1. The molecule has 5 heteroatoms. The summed E-state index contributed by atoms with van der Waals surface area (Å²) in [7, 11) is 1.88. The fourth-order valence-electron chi connectivity index (χ4n) is 1.92. The SMILES string of the molecule is CN(Cc1ccc(C(=O)NN)cc1)c1cccc(F)c1. The standard InChI is InChI=1S/C15H16FN3O/c1-19(14-4-2-3-13(16)9-14)10-11-5-7-12(8-6-11)15(20)18-17/h2-9H,10,17H2,1H3,(H,18,20). The van der Waals surface area contributed by atoms with Crippen molar-refractivity contribution in [1.82, 2.24) is 5.43 Å². The lowest BCUT2D eigenvalue weighted by atomic mass is 10.1. The van der Waals surface area contributed by atoms with Crippen molar-refractivity contribution in [2.24, 2.45) is 5.84 Å². The van der Waals surface area contributed by atoms with E-state index in [1.54, 1.807) is 18.2 Å². The second-order valence-electron chi connectivity index (χ2n) is 4.51. The van der Waals surface area contributed by atoms with E-state index in [0.29, 0.717) is 12.1 Å². The minimum Gasteiger partial charge on any atom is -0.370 e. The summed E-state index contributed by atoms with van der Waals surface area (Å²) in [4.78, 5) is 13.2. The van der Waals surface area contributed by atoms with Gasteiger partial charge >= 0.3 is 0 Å². The summed E-state index contributed by atoms with van der Waals surface area (Å²) in [5, 5.41) is 0. The number of nitrogens with one attached hydrogen (secondary N) is 1. The highest BCUT2D eigenvalue weighted by atomic mass is 19.1. The first-order chi connectivity index (χ1) is 9.60. The summed E-state index contributed by atoms with van der Waals surface area (Å²) in [6, 6.07) is 13.5. The van der Waals surface area contributed by atoms with E-state index in [9.17, 15) is 9.18 Å². The Hall–Kier alpha value is -2.40. The van der Waals surface area contributed by atoms with Crippen LogP contribution in [0.5, 0.6) is 0 Å². The Labute approximate surface area is 117 Å². The lowest BCUT2D eigenvalue weighted by molar-refractivity contribution is 0.0953. The zero-order chi connectivity index (χ0) is 14.5. The number of nitrogen functional groups attached to an aromatic ring is 1. The van der Waals surface area contributed by atoms with Gasteiger partial charge in [0.1, 0.15) is 5.82 Å². The zero-order valence-corrected chi connectivity index (χ0v) is 11.1. The highest BCUT2D eigenvalue weighted by Gasteiger charge is 2.05. The van der Waals surface area contributed by atoms with Gasteiger partial charge in [-0.2, -0.15) is 0 Å². The van der Waals surface area contributed by atoms with E-state index in [0.717, 1.165) is 11.3 Å². The third-order valence-electron chi connectivity index (χ3n) is 3.02. The van der Waals surface area contributed by atoms with Gasteiger partial charge in [0.25, 0.3) is 5.91 Å². The van der Waals surface area contributed by atoms with Crippen molar-refractivity contribution in [3.63, 3.8) is 0 Å². The predicted octanol–water partition coefficient (Wildman–Crippen LogP) is 2.07. The molecule has 1 amide bonds. The summed E-state index contributed by atoms with van der Waals surface area (Å²) in [5.41, 5.74) is 4.41. The second kappa shape index (κ2) is 6.16. The van der Waals surface area contributed by atoms with Gasteiger partial charge < -0.3 is 4.90 Å². The number of nitrogens with two attached hydrogens (primary N) is 1. The fraction of sp³-hybridized carbons (Fsp3) is 0.133. The minimum absolute atomic E-state index is 0.260. The number of rotatable bonds is 4. The summed E-state index contributed by atoms with van der Waals surface area (Å²) in [6.07, 6.45) is 0. The van der Waals surface area contributed by atoms with E-state index in [1.165, 1.54) is 12.1 Å². The van der Waals surface area contributed by atoms with Crippen LogP contribution in [-0.2, 0) is 6.54 Å². The van der Waals surface area contributed by atoms with Gasteiger partial charge in [-0.25, -0.2) is 10.2 Å². The predicted molar refractivity (Wildman–Crippen MR) is 76.6 cm³/mol. The number of halogens is 1. The molecule has 2 rings (SSSR count). The van der Waals surface area contributed by atoms with E-state index in [2.05, 4.69) is 5.43 Å². The highest BCUT2D eigenvalue weighted by Crippen LogP contribution is 2.16. The summed E-state index contributed by atoms with van der Waals surface area (Å²) in [6.45, 7) is 0.619. The zero-order valence-electron chi connectivity index (χ0n) is 11.1. The monoisotopic (exact) mass is 273 g/mol. The number of hydrogen-bond donors (Lipinski definition) is 2. The van der Waals surface area contributed by atoms with Crippen molar-refractivity contribution < 1.29 is 9.18 Å². The van der Waals surface area contributed by atoms with Gasteiger partial charge in [0.2, 0.25) is 0 Å². The third-order valence-corrected chi connectivity index (χ3v) is 3.02. The first-order valence-electron chi connectivity index (χ1n) is 6.17. The molecular weight excluding hydrogens is 257 g/mol. The van der Waals surface area contributed by atoms with E-state index in [4.69, 9.17) is 5.84 Å². The molecule has 20 heavy (non-hydrogen) atoms. The normalized spacial score (nSPS) is 10.2. The number of anilines is 1. The number of benzene rings is 2. The molecule has 0 saturated carbocycles. The van der Waals surface area contributed by atoms with Gasteiger partial charge in [0, 0.05) is 24.8 Å². The molecule has 0 heterocycles. The topological polar surface area (TPSA) is 58.4 Å². The van der Waals surface area contributed by atoms with Crippen molar-refractivity contribution in [3.8, 4) is 0 Å². The Morgan fingerprint density at radius 2 is 1.95 bits per heavy atom. The average molecular weight is 273 g/mol. The number of amides is 1. The molecule has 0 spiro atoms. The Morgan fingerprint density at radius 1 is 1.25 bits per heavy atom. The van der Waals surface area contributed by atoms with Crippen LogP contribution in [0.15, 0.2) is 48.5 Å². The van der Waals surface area contributed by atoms with Crippen molar-refractivity contribution >= 4 is 11.6 Å². The molecule has 0 aromatic heterocycles. The lowest BCUT2D eigenvalue weighted by Gasteiger charge is -2.19. The van der Waals surface area contributed by atoms with Crippen molar-refractivity contribution in [1.29, 1.82) is 0 Å². The number of carbonyl (C=O) groups excluding carboxylic acids is 1. The van der Waals surface area contributed by atoms with Crippen molar-refractivity contribution in [3.05, 3.63) is 65.5 Å². The molecule has 4 nitrogen and oxygen atoms in total. The molecule has 0 aliphatic heterocycles. The number of hydrogen-bond acceptors (Lipinski definition) is 3. The maximum atomic E-state index is 13.2. The Balaban J connectivity index is 2.08. The molecular formula is C15H16FN3O. The molecule has 3 N–H and O–H groups in total. The minimum atomic E-state index is -0.324. The van der Waals surface area contributed by atoms with Gasteiger partial charge in [-0.1, -0.05) is 18.2 Å². The van der Waals surface area contributed by atoms with Crippen LogP contribution in [0.25, 0.3) is 0 Å². The summed E-state index contributed by atoms with van der Waals surface area (Å²) >= 11 is 0. The van der Waals surface area contributed by atoms with Crippen molar-refractivity contribution in [2.45, 2.75) is 6.54 Å². The molecule has 0 aliphatic carbocycles. The molecule has 0 fully saturated rings. The molecule has 0 radical (unpaired) electrons. The first kappa shape index (κ1) is 14.0. The number of carbonyl (C=O) groups is 1. The van der Waals surface area contributed by atoms with E-state index >= 15 is 0 Å². The van der Waals surface area contributed by atoms with E-state index in [1.807, 2.05) is 30.1 Å². The van der Waals surface area contributed by atoms with Crippen LogP contribution in [-0.4, -0.2) is 13.0 Å². The third kappa shape index (κ3) is 3.33. The van der Waals surface area contributed by atoms with Crippen LogP contribution in [0, 0.1) is 5.82 Å². The highest BCUT2D eigenvalue weighted by molar-refractivity contribution is 5.93. The maximum Gasteiger partial charge on any atom is 0.265 e. The van der Waals surface area contributed by atoms with Crippen LogP contribution in [0.1, 0.15) is 15.9 Å². The second-order valence-corrected chi connectivity index (χ2v) is 4.51. The molecule has 2 aromatic carbocycles. The van der Waals surface area contributed by atoms with E-state index < -0.39 is 0 Å². The smallest absolute Gasteiger partial charge is 0.265 e. The van der Waals surface area contributed by atoms with Crippen LogP contribution >= 0.6 is 0 Å². The van der Waals surface area contributed by atoms with Crippen LogP contribution in [0.2, 0.25) is 0 Å². The Bertz CT molecular complexity index is 598. The Morgan fingerprint density at radius 3 is 2.55 bits per heavy atom. The quantitative estimate of drug-likeness (QED) is 0.509. The average Bonchev–Trinajstić information content (AvgIpc) is 2.47. The molecule has 2 aromatic rings. The maximum absolute atomic E-state index is 13.2. The molecule has 0 saturated heterocycles. The summed E-state index contributed by atoms with van der Waals surface area (Å²) < 4.78 is 13.2. The van der Waals surface area contributed by atoms with Crippen LogP contribution in [0.4, 0.5) is 10.1 Å². The van der Waals surface area contributed by atoms with Crippen molar-refractivity contribution in [2.75, 3.05) is 11.9 Å². The lowest BCUT2D eigenvalue weighted by Crippen LogP contribution is -2.29. The molecule has 0 bridgehead atoms. The van der Waals surface area contributed by atoms with Gasteiger partial charge in [-0.05, 0) is 35.9 Å². The van der Waals surface area contributed by atoms with E-state index in [-0.39, 0.29) is 11.7 Å². The van der Waals surface area contributed by atoms with Gasteiger partial charge in [-0.3, -0.25) is 10.2 Å². The molecule has 0 aliphatic rings. The first-order valence-corrected chi connectivity index (χ1v) is 6.17. The van der Waals surface area contributed by atoms with Crippen LogP contribution in [0.3, 0.4) is 0 Å². The fourth-order valence-corrected chi connectivity index (χ4v) is 1.92. The Kier molecular flexibility index (Phi) is 4.32. The number of hydrazine groups is 1.